The second-order valence-corrected chi connectivity index (χ2v) is 10.1. The van der Waals surface area contributed by atoms with Crippen molar-refractivity contribution in [3.05, 3.63) is 69.1 Å². The van der Waals surface area contributed by atoms with Gasteiger partial charge in [0.25, 0.3) is 0 Å². The van der Waals surface area contributed by atoms with E-state index in [4.69, 9.17) is 4.74 Å². The number of hydrogen-bond donors (Lipinski definition) is 1. The van der Waals surface area contributed by atoms with Crippen molar-refractivity contribution in [3.8, 4) is 0 Å². The Bertz CT molecular complexity index is 938. The van der Waals surface area contributed by atoms with Gasteiger partial charge in [0.1, 0.15) is 12.2 Å². The number of allylic oxidation sites excluding steroid dienone is 8. The summed E-state index contributed by atoms with van der Waals surface area (Å²) in [5.41, 5.74) is 6.12. The fourth-order valence-corrected chi connectivity index (χ4v) is 3.71. The molecule has 0 bridgehead atoms. The van der Waals surface area contributed by atoms with Gasteiger partial charge >= 0.3 is 0 Å². The van der Waals surface area contributed by atoms with Gasteiger partial charge in [-0.15, -0.1) is 0 Å². The summed E-state index contributed by atoms with van der Waals surface area (Å²) in [6, 6.07) is 0. The minimum atomic E-state index is -1.36. The molecule has 0 fully saturated rings. The Morgan fingerprint density at radius 3 is 1.91 bits per heavy atom. The van der Waals surface area contributed by atoms with Gasteiger partial charge in [-0.2, -0.15) is 0 Å². The van der Waals surface area contributed by atoms with Gasteiger partial charge in [0, 0.05) is 12.0 Å². The van der Waals surface area contributed by atoms with E-state index in [2.05, 4.69) is 18.2 Å². The van der Waals surface area contributed by atoms with Crippen LogP contribution in [-0.4, -0.2) is 28.9 Å². The van der Waals surface area contributed by atoms with E-state index in [1.165, 1.54) is 16.7 Å². The molecular weight excluding hydrogens is 424 g/mol. The molecule has 0 spiro atoms. The Morgan fingerprint density at radius 2 is 1.41 bits per heavy atom. The van der Waals surface area contributed by atoms with Gasteiger partial charge in [0.2, 0.25) is 5.78 Å². The summed E-state index contributed by atoms with van der Waals surface area (Å²) in [6.45, 7) is 17.8. The van der Waals surface area contributed by atoms with Crippen LogP contribution in [0.4, 0.5) is 0 Å². The summed E-state index contributed by atoms with van der Waals surface area (Å²) < 4.78 is 5.81. The van der Waals surface area contributed by atoms with Crippen molar-refractivity contribution < 1.29 is 19.4 Å². The molecule has 0 aromatic heterocycles. The molecule has 0 aliphatic carbocycles. The minimum absolute atomic E-state index is 0.0537. The van der Waals surface area contributed by atoms with Gasteiger partial charge in [-0.05, 0) is 94.1 Å². The summed E-state index contributed by atoms with van der Waals surface area (Å²) in [6.07, 6.45) is 9.96. The monoisotopic (exact) mass is 468 g/mol. The highest BCUT2D eigenvalue weighted by Gasteiger charge is 2.37. The predicted molar refractivity (Wildman–Crippen MR) is 141 cm³/mol. The number of aliphatic hydroxyl groups is 1. The number of ketones is 2. The third kappa shape index (κ3) is 9.42. The van der Waals surface area contributed by atoms with Gasteiger partial charge in [-0.1, -0.05) is 46.1 Å². The molecule has 4 heteroatoms. The van der Waals surface area contributed by atoms with Crippen molar-refractivity contribution in [2.75, 3.05) is 0 Å². The molecule has 2 unspecified atom stereocenters. The van der Waals surface area contributed by atoms with Crippen LogP contribution >= 0.6 is 0 Å². The first-order chi connectivity index (χ1) is 15.8. The second kappa shape index (κ2) is 14.1. The van der Waals surface area contributed by atoms with Crippen LogP contribution in [0.1, 0.15) is 94.4 Å². The summed E-state index contributed by atoms with van der Waals surface area (Å²) in [5, 5.41) is 10.7. The number of Topliss-reactive ketones (excluding diaryl/α,β-unsaturated/α-hetero) is 2. The first-order valence-electron chi connectivity index (χ1n) is 12.3. The maximum atomic E-state index is 13.4. The van der Waals surface area contributed by atoms with Crippen LogP contribution in [0.5, 0.6) is 0 Å². The lowest BCUT2D eigenvalue weighted by Crippen LogP contribution is -2.34. The highest BCUT2D eigenvalue weighted by molar-refractivity contribution is 6.27. The van der Waals surface area contributed by atoms with Crippen LogP contribution in [0.3, 0.4) is 0 Å². The van der Waals surface area contributed by atoms with Gasteiger partial charge in [-0.3, -0.25) is 9.59 Å². The molecule has 0 saturated carbocycles. The Kier molecular flexibility index (Phi) is 12.2. The van der Waals surface area contributed by atoms with Crippen molar-refractivity contribution in [3.63, 3.8) is 0 Å². The zero-order valence-electron chi connectivity index (χ0n) is 22.7. The molecule has 1 rings (SSSR count). The molecule has 1 N–H and O–H groups in total. The maximum Gasteiger partial charge on any atom is 0.231 e. The molecule has 188 valence electrons. The molecule has 0 saturated heterocycles. The molecule has 1 heterocycles. The lowest BCUT2D eigenvalue weighted by Gasteiger charge is -2.32. The van der Waals surface area contributed by atoms with Crippen molar-refractivity contribution in [1.82, 2.24) is 0 Å². The van der Waals surface area contributed by atoms with Crippen molar-refractivity contribution in [1.29, 1.82) is 0 Å². The fraction of sp³-hybridized carbons (Fsp3) is 0.533. The Morgan fingerprint density at radius 1 is 0.882 bits per heavy atom. The van der Waals surface area contributed by atoms with Gasteiger partial charge in [0.05, 0.1) is 5.57 Å². The minimum Gasteiger partial charge on any atom is -0.481 e. The first-order valence-corrected chi connectivity index (χ1v) is 12.3. The first kappa shape index (κ1) is 29.6. The van der Waals surface area contributed by atoms with Crippen LogP contribution < -0.4 is 0 Å². The lowest BCUT2D eigenvalue weighted by atomic mass is 9.89. The number of ether oxygens (including phenoxy) is 1. The second-order valence-electron chi connectivity index (χ2n) is 10.1. The number of rotatable bonds is 13. The number of carbonyl (C=O) groups excluding carboxylic acids is 2. The van der Waals surface area contributed by atoms with E-state index < -0.39 is 17.7 Å². The SMILES string of the molecule is CC(C)=CCC/C(C)=C/C(O)C(=O)/C(C(=O)C1=C(C)C(CC=C(C)C)O1)=C(/C)CCC=C(C)C. The smallest absolute Gasteiger partial charge is 0.231 e. The Balaban J connectivity index is 3.20. The quantitative estimate of drug-likeness (QED) is 0.134. The van der Waals surface area contributed by atoms with Crippen LogP contribution in [0.25, 0.3) is 0 Å². The third-order valence-electron chi connectivity index (χ3n) is 5.82. The average molecular weight is 469 g/mol. The van der Waals surface area contributed by atoms with Crippen LogP contribution in [-0.2, 0) is 14.3 Å². The molecule has 0 aromatic carbocycles. The molecule has 1 aliphatic rings. The molecule has 0 aromatic rings. The molecular formula is C30H44O4. The molecule has 2 atom stereocenters. The zero-order chi connectivity index (χ0) is 26.0. The van der Waals surface area contributed by atoms with E-state index in [0.717, 1.165) is 30.4 Å². The van der Waals surface area contributed by atoms with Crippen molar-refractivity contribution in [2.24, 2.45) is 0 Å². The fourth-order valence-electron chi connectivity index (χ4n) is 3.71. The molecule has 0 radical (unpaired) electrons. The molecule has 34 heavy (non-hydrogen) atoms. The van der Waals surface area contributed by atoms with E-state index in [9.17, 15) is 14.7 Å². The van der Waals surface area contributed by atoms with E-state index in [-0.39, 0.29) is 17.4 Å². The standard InChI is InChI=1S/C30H44O4/c1-19(2)12-10-14-22(7)18-25(31)28(32)27(23(8)15-11-13-20(3)4)29(33)30-24(9)26(34-30)17-16-21(5)6/h12-13,16,18,25-26,31H,10-11,14-15,17H2,1-9H3/b22-18+,27-23+. The summed E-state index contributed by atoms with van der Waals surface area (Å²) >= 11 is 0. The maximum absolute atomic E-state index is 13.4. The van der Waals surface area contributed by atoms with E-state index in [0.29, 0.717) is 18.4 Å². The van der Waals surface area contributed by atoms with E-state index in [1.54, 1.807) is 13.0 Å². The third-order valence-corrected chi connectivity index (χ3v) is 5.82. The summed E-state index contributed by atoms with van der Waals surface area (Å²) in [4.78, 5) is 26.7. The number of carbonyl (C=O) groups is 2. The highest BCUT2D eigenvalue weighted by atomic mass is 16.5. The van der Waals surface area contributed by atoms with Crippen molar-refractivity contribution >= 4 is 11.6 Å². The largest absolute Gasteiger partial charge is 0.481 e. The predicted octanol–water partition coefficient (Wildman–Crippen LogP) is 7.27. The topological polar surface area (TPSA) is 63.6 Å². The number of hydrogen-bond acceptors (Lipinski definition) is 4. The zero-order valence-corrected chi connectivity index (χ0v) is 22.7. The van der Waals surface area contributed by atoms with Crippen molar-refractivity contribution in [2.45, 2.75) is 107 Å². The van der Waals surface area contributed by atoms with Crippen LogP contribution in [0, 0.1) is 0 Å². The molecule has 1 aliphatic heterocycles. The van der Waals surface area contributed by atoms with Crippen LogP contribution in [0.2, 0.25) is 0 Å². The Hall–Kier alpha value is -2.46. The van der Waals surface area contributed by atoms with Gasteiger partial charge < -0.3 is 9.84 Å². The lowest BCUT2D eigenvalue weighted by molar-refractivity contribution is -0.126. The summed E-state index contributed by atoms with van der Waals surface area (Å²) in [5.74, 6) is -0.730. The van der Waals surface area contributed by atoms with Gasteiger partial charge in [-0.25, -0.2) is 0 Å². The normalized spacial score (nSPS) is 17.1. The summed E-state index contributed by atoms with van der Waals surface area (Å²) in [7, 11) is 0. The van der Waals surface area contributed by atoms with Crippen LogP contribution in [0.15, 0.2) is 69.1 Å². The molecule has 0 amide bonds. The highest BCUT2D eigenvalue weighted by Crippen LogP contribution is 2.33. The van der Waals surface area contributed by atoms with E-state index >= 15 is 0 Å². The molecule has 4 nitrogen and oxygen atoms in total. The Labute approximate surface area is 206 Å². The average Bonchev–Trinajstić information content (AvgIpc) is 2.71. The number of aliphatic hydroxyl groups excluding tert-OH is 1. The van der Waals surface area contributed by atoms with Gasteiger partial charge in [0.15, 0.2) is 11.5 Å². The van der Waals surface area contributed by atoms with E-state index in [1.807, 2.05) is 55.4 Å².